The van der Waals surface area contributed by atoms with E-state index in [0.29, 0.717) is 0 Å². The maximum atomic E-state index is 13.4. The molecule has 21 heavy (non-hydrogen) atoms. The summed E-state index contributed by atoms with van der Waals surface area (Å²) in [6, 6.07) is 3.96. The van der Waals surface area contributed by atoms with Crippen LogP contribution < -0.4 is 5.73 Å². The first-order valence-corrected chi connectivity index (χ1v) is 6.49. The number of benzene rings is 1. The number of para-hydroxylation sites is 1. The van der Waals surface area contributed by atoms with Gasteiger partial charge in [-0.15, -0.1) is 0 Å². The van der Waals surface area contributed by atoms with Crippen molar-refractivity contribution in [2.24, 2.45) is 0 Å². The first-order chi connectivity index (χ1) is 10.0. The summed E-state index contributed by atoms with van der Waals surface area (Å²) in [7, 11) is 1.48. The highest BCUT2D eigenvalue weighted by Gasteiger charge is 2.22. The minimum Gasteiger partial charge on any atom is -0.465 e. The van der Waals surface area contributed by atoms with Crippen LogP contribution in [-0.4, -0.2) is 50.2 Å². The Kier molecular flexibility index (Phi) is 6.61. The smallest absolute Gasteiger partial charge is 0.325 e. The van der Waals surface area contributed by atoms with E-state index in [1.54, 1.807) is 6.92 Å². The molecule has 1 amide bonds. The molecular formula is C14H19FN2O4. The Hall–Kier alpha value is -2.15. The maximum Gasteiger partial charge on any atom is 0.325 e. The van der Waals surface area contributed by atoms with E-state index in [1.165, 1.54) is 24.1 Å². The highest BCUT2D eigenvalue weighted by atomic mass is 19.1. The number of nitrogens with zero attached hydrogens (tertiary/aromatic N) is 1. The van der Waals surface area contributed by atoms with E-state index in [9.17, 15) is 14.0 Å². The van der Waals surface area contributed by atoms with Gasteiger partial charge in [0.15, 0.2) is 0 Å². The van der Waals surface area contributed by atoms with E-state index < -0.39 is 17.7 Å². The van der Waals surface area contributed by atoms with E-state index in [-0.39, 0.29) is 37.6 Å². The highest BCUT2D eigenvalue weighted by Crippen LogP contribution is 2.17. The summed E-state index contributed by atoms with van der Waals surface area (Å²) in [6.07, 6.45) is 0. The predicted molar refractivity (Wildman–Crippen MR) is 75.2 cm³/mol. The number of anilines is 1. The van der Waals surface area contributed by atoms with Gasteiger partial charge in [0, 0.05) is 13.7 Å². The van der Waals surface area contributed by atoms with Crippen LogP contribution in [0.15, 0.2) is 18.2 Å². The van der Waals surface area contributed by atoms with Gasteiger partial charge in [-0.2, -0.15) is 0 Å². The molecule has 1 aromatic carbocycles. The van der Waals surface area contributed by atoms with Crippen LogP contribution in [0.3, 0.4) is 0 Å². The van der Waals surface area contributed by atoms with Crippen LogP contribution in [0.25, 0.3) is 0 Å². The molecule has 116 valence electrons. The third kappa shape index (κ3) is 4.71. The molecule has 0 aliphatic rings. The number of nitrogens with two attached hydrogens (primary N) is 1. The molecule has 0 bridgehead atoms. The first-order valence-electron chi connectivity index (χ1n) is 6.49. The topological polar surface area (TPSA) is 81.9 Å². The second-order valence-corrected chi connectivity index (χ2v) is 4.23. The van der Waals surface area contributed by atoms with Crippen molar-refractivity contribution in [1.29, 1.82) is 0 Å². The second-order valence-electron chi connectivity index (χ2n) is 4.23. The minimum atomic E-state index is -0.677. The number of rotatable bonds is 7. The van der Waals surface area contributed by atoms with Crippen molar-refractivity contribution in [2.45, 2.75) is 6.92 Å². The number of carbonyl (C=O) groups excluding carboxylic acids is 2. The van der Waals surface area contributed by atoms with Crippen LogP contribution in [0.1, 0.15) is 17.3 Å². The summed E-state index contributed by atoms with van der Waals surface area (Å²) in [5.74, 6) is -1.77. The lowest BCUT2D eigenvalue weighted by Crippen LogP contribution is -2.39. The number of halogens is 1. The molecule has 0 aliphatic heterocycles. The van der Waals surface area contributed by atoms with Crippen molar-refractivity contribution < 1.29 is 23.5 Å². The predicted octanol–water partition coefficient (Wildman–Crippen LogP) is 1.06. The quantitative estimate of drug-likeness (QED) is 0.601. The van der Waals surface area contributed by atoms with Gasteiger partial charge in [0.25, 0.3) is 5.91 Å². The van der Waals surface area contributed by atoms with Gasteiger partial charge in [0.2, 0.25) is 0 Å². The number of hydrogen-bond donors (Lipinski definition) is 1. The summed E-state index contributed by atoms with van der Waals surface area (Å²) in [5.41, 5.74) is 5.34. The van der Waals surface area contributed by atoms with Gasteiger partial charge in [-0.05, 0) is 19.1 Å². The van der Waals surface area contributed by atoms with E-state index >= 15 is 0 Å². The number of carbonyl (C=O) groups is 2. The van der Waals surface area contributed by atoms with Crippen LogP contribution >= 0.6 is 0 Å². The summed E-state index contributed by atoms with van der Waals surface area (Å²) < 4.78 is 23.1. The summed E-state index contributed by atoms with van der Waals surface area (Å²) in [5, 5.41) is 0. The number of methoxy groups -OCH3 is 1. The minimum absolute atomic E-state index is 0.00963. The molecule has 0 unspecified atom stereocenters. The fraction of sp³-hybridized carbons (Fsp3) is 0.429. The highest BCUT2D eigenvalue weighted by molar-refractivity contribution is 6.00. The molecule has 6 nitrogen and oxygen atoms in total. The van der Waals surface area contributed by atoms with Crippen molar-refractivity contribution >= 4 is 17.6 Å². The van der Waals surface area contributed by atoms with E-state index in [0.717, 1.165) is 6.07 Å². The molecule has 0 fully saturated rings. The Morgan fingerprint density at radius 2 is 2.10 bits per heavy atom. The lowest BCUT2D eigenvalue weighted by Gasteiger charge is -2.22. The van der Waals surface area contributed by atoms with Gasteiger partial charge in [0.05, 0.1) is 24.5 Å². The van der Waals surface area contributed by atoms with Gasteiger partial charge in [-0.3, -0.25) is 9.59 Å². The average molecular weight is 298 g/mol. The molecule has 2 N–H and O–H groups in total. The van der Waals surface area contributed by atoms with Crippen LogP contribution in [0.2, 0.25) is 0 Å². The summed E-state index contributed by atoms with van der Waals surface area (Å²) in [4.78, 5) is 25.1. The number of hydrogen-bond acceptors (Lipinski definition) is 5. The number of nitrogen functional groups attached to an aromatic ring is 1. The molecule has 1 rings (SSSR count). The van der Waals surface area contributed by atoms with E-state index in [2.05, 4.69) is 0 Å². The Labute approximate surface area is 122 Å². The molecule has 1 aromatic rings. The van der Waals surface area contributed by atoms with Gasteiger partial charge < -0.3 is 20.1 Å². The normalized spacial score (nSPS) is 10.2. The van der Waals surface area contributed by atoms with Crippen LogP contribution in [0.5, 0.6) is 0 Å². The zero-order valence-corrected chi connectivity index (χ0v) is 12.1. The molecule has 0 spiro atoms. The number of amides is 1. The third-order valence-electron chi connectivity index (χ3n) is 2.76. The molecule has 0 aromatic heterocycles. The van der Waals surface area contributed by atoms with Gasteiger partial charge in [-0.25, -0.2) is 4.39 Å². The molecule has 0 radical (unpaired) electrons. The molecule has 0 saturated heterocycles. The van der Waals surface area contributed by atoms with Crippen molar-refractivity contribution in [3.8, 4) is 0 Å². The number of ether oxygens (including phenoxy) is 2. The van der Waals surface area contributed by atoms with Crippen molar-refractivity contribution in [1.82, 2.24) is 4.90 Å². The van der Waals surface area contributed by atoms with Crippen LogP contribution in [0.4, 0.5) is 10.1 Å². The fourth-order valence-electron chi connectivity index (χ4n) is 1.71. The Morgan fingerprint density at radius 1 is 1.38 bits per heavy atom. The van der Waals surface area contributed by atoms with Crippen molar-refractivity contribution in [3.05, 3.63) is 29.6 Å². The SMILES string of the molecule is CCOC(=O)CN(CCOC)C(=O)c1cccc(F)c1N. The Balaban J connectivity index is 2.93. The Morgan fingerprint density at radius 3 is 2.71 bits per heavy atom. The lowest BCUT2D eigenvalue weighted by molar-refractivity contribution is -0.143. The van der Waals surface area contributed by atoms with Gasteiger partial charge >= 0.3 is 5.97 Å². The molecule has 0 atom stereocenters. The average Bonchev–Trinajstić information content (AvgIpc) is 2.46. The molecular weight excluding hydrogens is 279 g/mol. The molecule has 0 heterocycles. The standard InChI is InChI=1S/C14H19FN2O4/c1-3-21-12(18)9-17(7-8-20-2)14(19)10-5-4-6-11(15)13(10)16/h4-6H,3,7-9,16H2,1-2H3. The second kappa shape index (κ2) is 8.21. The lowest BCUT2D eigenvalue weighted by atomic mass is 10.1. The monoisotopic (exact) mass is 298 g/mol. The Bertz CT molecular complexity index is 508. The number of esters is 1. The summed E-state index contributed by atoms with van der Waals surface area (Å²) >= 11 is 0. The van der Waals surface area contributed by atoms with Gasteiger partial charge in [-0.1, -0.05) is 6.07 Å². The van der Waals surface area contributed by atoms with E-state index in [1.807, 2.05) is 0 Å². The first kappa shape index (κ1) is 16.9. The fourth-order valence-corrected chi connectivity index (χ4v) is 1.71. The largest absolute Gasteiger partial charge is 0.465 e. The maximum absolute atomic E-state index is 13.4. The summed E-state index contributed by atoms with van der Waals surface area (Å²) in [6.45, 7) is 2.05. The van der Waals surface area contributed by atoms with Crippen molar-refractivity contribution in [2.75, 3.05) is 39.1 Å². The zero-order chi connectivity index (χ0) is 15.8. The zero-order valence-electron chi connectivity index (χ0n) is 12.1. The third-order valence-corrected chi connectivity index (χ3v) is 2.76. The van der Waals surface area contributed by atoms with Crippen LogP contribution in [-0.2, 0) is 14.3 Å². The molecule has 0 aliphatic carbocycles. The molecule has 7 heteroatoms. The molecule has 0 saturated carbocycles. The van der Waals surface area contributed by atoms with Crippen molar-refractivity contribution in [3.63, 3.8) is 0 Å². The van der Waals surface area contributed by atoms with E-state index in [4.69, 9.17) is 15.2 Å². The van der Waals surface area contributed by atoms with Gasteiger partial charge in [0.1, 0.15) is 12.4 Å². The van der Waals surface area contributed by atoms with Crippen LogP contribution in [0, 0.1) is 5.82 Å².